The van der Waals surface area contributed by atoms with Crippen molar-refractivity contribution in [2.24, 2.45) is 0 Å². The lowest BCUT2D eigenvalue weighted by Gasteiger charge is -1.99. The van der Waals surface area contributed by atoms with Crippen molar-refractivity contribution in [3.8, 4) is 0 Å². The van der Waals surface area contributed by atoms with E-state index in [-0.39, 0.29) is 11.6 Å². The Morgan fingerprint density at radius 3 is 2.50 bits per heavy atom. The van der Waals surface area contributed by atoms with Crippen LogP contribution in [0.2, 0.25) is 0 Å². The molecule has 2 rings (SSSR count). The number of hydrogen-bond donors (Lipinski definition) is 0. The molecule has 1 aromatic heterocycles. The van der Waals surface area contributed by atoms with Crippen LogP contribution < -0.4 is 0 Å². The second kappa shape index (κ2) is 5.46. The monoisotopic (exact) mass is 282 g/mol. The molecule has 0 fully saturated rings. The average molecular weight is 282 g/mol. The summed E-state index contributed by atoms with van der Waals surface area (Å²) in [5.74, 6) is -0.488. The topological polar surface area (TPSA) is 34.1 Å². The van der Waals surface area contributed by atoms with E-state index in [0.29, 0.717) is 5.56 Å². The number of hydrogen-bond acceptors (Lipinski definition) is 3. The SMILES string of the molecule is O=S(=O)(C=Cc1ccsc1)Cc1ccc(F)cc1. The minimum atomic E-state index is -3.32. The minimum absolute atomic E-state index is 0.117. The van der Waals surface area contributed by atoms with Gasteiger partial charge in [-0.25, -0.2) is 12.8 Å². The third-order valence-corrected chi connectivity index (χ3v) is 4.28. The van der Waals surface area contributed by atoms with Gasteiger partial charge in [-0.05, 0) is 46.2 Å². The summed E-state index contributed by atoms with van der Waals surface area (Å²) in [6.45, 7) is 0. The first kappa shape index (κ1) is 13.0. The molecule has 0 amide bonds. The fourth-order valence-corrected chi connectivity index (χ4v) is 3.16. The van der Waals surface area contributed by atoms with E-state index in [1.54, 1.807) is 6.08 Å². The summed E-state index contributed by atoms with van der Waals surface area (Å²) in [5, 5.41) is 4.94. The van der Waals surface area contributed by atoms with Gasteiger partial charge in [-0.1, -0.05) is 12.1 Å². The van der Waals surface area contributed by atoms with E-state index in [1.807, 2.05) is 16.8 Å². The van der Waals surface area contributed by atoms with Gasteiger partial charge >= 0.3 is 0 Å². The average Bonchev–Trinajstić information content (AvgIpc) is 2.83. The second-order valence-corrected chi connectivity index (χ2v) is 6.46. The molecule has 0 aliphatic carbocycles. The molecule has 0 N–H and O–H groups in total. The fraction of sp³-hybridized carbons (Fsp3) is 0.0769. The molecule has 0 aliphatic rings. The van der Waals surface area contributed by atoms with Crippen molar-refractivity contribution in [2.45, 2.75) is 5.75 Å². The van der Waals surface area contributed by atoms with E-state index in [1.165, 1.54) is 41.0 Å². The third-order valence-electron chi connectivity index (χ3n) is 2.29. The van der Waals surface area contributed by atoms with Crippen LogP contribution in [0.1, 0.15) is 11.1 Å². The smallest absolute Gasteiger partial charge is 0.175 e. The number of benzene rings is 1. The summed E-state index contributed by atoms with van der Waals surface area (Å²) in [6.07, 6.45) is 1.56. The summed E-state index contributed by atoms with van der Waals surface area (Å²) < 4.78 is 36.3. The standard InChI is InChI=1S/C13H11FO2S2/c14-13-3-1-12(2-4-13)10-18(15,16)8-6-11-5-7-17-9-11/h1-9H,10H2. The molecule has 0 spiro atoms. The number of thiophene rings is 1. The molecule has 94 valence electrons. The number of sulfone groups is 1. The molecule has 0 unspecified atom stereocenters. The van der Waals surface area contributed by atoms with Gasteiger partial charge in [0.25, 0.3) is 0 Å². The van der Waals surface area contributed by atoms with E-state index in [2.05, 4.69) is 0 Å². The van der Waals surface area contributed by atoms with Crippen molar-refractivity contribution in [3.63, 3.8) is 0 Å². The molecule has 5 heteroatoms. The van der Waals surface area contributed by atoms with Crippen LogP contribution in [0.4, 0.5) is 4.39 Å². The first-order chi connectivity index (χ1) is 8.55. The molecular weight excluding hydrogens is 271 g/mol. The maximum Gasteiger partial charge on any atom is 0.175 e. The summed E-state index contributed by atoms with van der Waals surface area (Å²) in [5.41, 5.74) is 1.44. The maximum atomic E-state index is 12.7. The van der Waals surface area contributed by atoms with Gasteiger partial charge in [-0.15, -0.1) is 0 Å². The zero-order valence-corrected chi connectivity index (χ0v) is 11.0. The predicted molar refractivity (Wildman–Crippen MR) is 72.4 cm³/mol. The lowest BCUT2D eigenvalue weighted by molar-refractivity contribution is 0.603. The summed E-state index contributed by atoms with van der Waals surface area (Å²) in [6, 6.07) is 7.31. The third kappa shape index (κ3) is 3.78. The highest BCUT2D eigenvalue weighted by Crippen LogP contribution is 2.12. The molecule has 2 nitrogen and oxygen atoms in total. The predicted octanol–water partition coefficient (Wildman–Crippen LogP) is 3.47. The van der Waals surface area contributed by atoms with Gasteiger partial charge in [-0.3, -0.25) is 0 Å². The normalized spacial score (nSPS) is 12.1. The molecule has 0 bridgehead atoms. The van der Waals surface area contributed by atoms with Crippen LogP contribution in [-0.4, -0.2) is 8.42 Å². The van der Waals surface area contributed by atoms with Gasteiger partial charge in [0.2, 0.25) is 0 Å². The highest BCUT2D eigenvalue weighted by atomic mass is 32.2. The molecule has 1 aromatic carbocycles. The van der Waals surface area contributed by atoms with E-state index in [9.17, 15) is 12.8 Å². The summed E-state index contributed by atoms with van der Waals surface area (Å²) in [4.78, 5) is 0. The van der Waals surface area contributed by atoms with Crippen molar-refractivity contribution in [3.05, 3.63) is 63.4 Å². The van der Waals surface area contributed by atoms with Crippen LogP contribution >= 0.6 is 11.3 Å². The minimum Gasteiger partial charge on any atom is -0.224 e. The van der Waals surface area contributed by atoms with Crippen LogP contribution in [-0.2, 0) is 15.6 Å². The first-order valence-corrected chi connectivity index (χ1v) is 7.88. The molecule has 0 saturated heterocycles. The number of rotatable bonds is 4. The van der Waals surface area contributed by atoms with Crippen molar-refractivity contribution in [2.75, 3.05) is 0 Å². The van der Waals surface area contributed by atoms with Gasteiger partial charge in [0.1, 0.15) is 5.82 Å². The second-order valence-electron chi connectivity index (χ2n) is 3.79. The Hall–Kier alpha value is -1.46. The summed E-state index contributed by atoms with van der Waals surface area (Å²) in [7, 11) is -3.32. The molecule has 0 radical (unpaired) electrons. The Morgan fingerprint density at radius 1 is 1.17 bits per heavy atom. The number of halogens is 1. The Kier molecular flexibility index (Phi) is 3.93. The van der Waals surface area contributed by atoms with Gasteiger partial charge < -0.3 is 0 Å². The molecule has 0 saturated carbocycles. The largest absolute Gasteiger partial charge is 0.224 e. The summed E-state index contributed by atoms with van der Waals surface area (Å²) >= 11 is 1.51. The van der Waals surface area contributed by atoms with Crippen LogP contribution in [0.5, 0.6) is 0 Å². The van der Waals surface area contributed by atoms with E-state index in [4.69, 9.17) is 0 Å². The van der Waals surface area contributed by atoms with Crippen molar-refractivity contribution < 1.29 is 12.8 Å². The Bertz CT molecular complexity index is 626. The van der Waals surface area contributed by atoms with Gasteiger partial charge in [0.15, 0.2) is 9.84 Å². The van der Waals surface area contributed by atoms with Gasteiger partial charge in [0, 0.05) is 5.41 Å². The lowest BCUT2D eigenvalue weighted by atomic mass is 10.2. The molecule has 1 heterocycles. The van der Waals surface area contributed by atoms with E-state index < -0.39 is 9.84 Å². The van der Waals surface area contributed by atoms with Crippen molar-refractivity contribution in [1.82, 2.24) is 0 Å². The van der Waals surface area contributed by atoms with Crippen LogP contribution in [0.25, 0.3) is 6.08 Å². The molecule has 2 aromatic rings. The van der Waals surface area contributed by atoms with E-state index >= 15 is 0 Å². The Morgan fingerprint density at radius 2 is 1.89 bits per heavy atom. The fourth-order valence-electron chi connectivity index (χ4n) is 1.41. The Balaban J connectivity index is 2.10. The van der Waals surface area contributed by atoms with Crippen LogP contribution in [0, 0.1) is 5.82 Å². The maximum absolute atomic E-state index is 12.7. The first-order valence-electron chi connectivity index (χ1n) is 5.23. The molecule has 0 atom stereocenters. The van der Waals surface area contributed by atoms with Crippen molar-refractivity contribution in [1.29, 1.82) is 0 Å². The highest BCUT2D eigenvalue weighted by Gasteiger charge is 2.07. The zero-order chi connectivity index (χ0) is 13.0. The quantitative estimate of drug-likeness (QED) is 0.860. The Labute approximate surface area is 109 Å². The zero-order valence-electron chi connectivity index (χ0n) is 9.41. The molecule has 18 heavy (non-hydrogen) atoms. The van der Waals surface area contributed by atoms with Gasteiger partial charge in [0.05, 0.1) is 5.75 Å². The van der Waals surface area contributed by atoms with Crippen molar-refractivity contribution >= 4 is 27.3 Å². The van der Waals surface area contributed by atoms with E-state index in [0.717, 1.165) is 5.56 Å². The molecular formula is C13H11FO2S2. The molecule has 0 aliphatic heterocycles. The lowest BCUT2D eigenvalue weighted by Crippen LogP contribution is -1.99. The van der Waals surface area contributed by atoms with Crippen LogP contribution in [0.15, 0.2) is 46.5 Å². The van der Waals surface area contributed by atoms with Crippen LogP contribution in [0.3, 0.4) is 0 Å². The highest BCUT2D eigenvalue weighted by molar-refractivity contribution is 7.93. The van der Waals surface area contributed by atoms with Gasteiger partial charge in [-0.2, -0.15) is 11.3 Å².